The van der Waals surface area contributed by atoms with Crippen molar-refractivity contribution in [3.63, 3.8) is 0 Å². The summed E-state index contributed by atoms with van der Waals surface area (Å²) in [7, 11) is 1.91. The van der Waals surface area contributed by atoms with Crippen LogP contribution in [0, 0.1) is 6.92 Å². The first-order valence-corrected chi connectivity index (χ1v) is 6.79. The summed E-state index contributed by atoms with van der Waals surface area (Å²) in [5.41, 5.74) is 3.56. The zero-order chi connectivity index (χ0) is 13.9. The molecule has 4 heteroatoms. The quantitative estimate of drug-likeness (QED) is 0.789. The molecule has 1 heterocycles. The number of hydrogen-bond acceptors (Lipinski definition) is 3. The molecule has 4 nitrogen and oxygen atoms in total. The third-order valence-corrected chi connectivity index (χ3v) is 3.54. The minimum Gasteiger partial charge on any atom is -0.314 e. The van der Waals surface area contributed by atoms with E-state index in [1.54, 1.807) is 0 Å². The molecule has 0 aliphatic heterocycles. The standard InChI is InChI=1S/C16H18N4/c1-12-7-8-13-5-3-4-6-15(13)16(12)11-20-10-14(9-17-2)18-19-20/h3-8,10,17H,9,11H2,1-2H3. The molecule has 3 aromatic rings. The van der Waals surface area contributed by atoms with Gasteiger partial charge in [-0.3, -0.25) is 0 Å². The first kappa shape index (κ1) is 12.8. The summed E-state index contributed by atoms with van der Waals surface area (Å²) in [6.45, 7) is 3.64. The lowest BCUT2D eigenvalue weighted by molar-refractivity contribution is 0.649. The minimum absolute atomic E-state index is 0.745. The van der Waals surface area contributed by atoms with Crippen molar-refractivity contribution in [1.82, 2.24) is 20.3 Å². The molecule has 1 aromatic heterocycles. The average molecular weight is 266 g/mol. The van der Waals surface area contributed by atoms with Crippen LogP contribution in [0.25, 0.3) is 10.8 Å². The SMILES string of the molecule is CNCc1cn(Cc2c(C)ccc3ccccc23)nn1. The third-order valence-electron chi connectivity index (χ3n) is 3.54. The van der Waals surface area contributed by atoms with Crippen molar-refractivity contribution in [2.24, 2.45) is 0 Å². The largest absolute Gasteiger partial charge is 0.314 e. The van der Waals surface area contributed by atoms with Crippen molar-refractivity contribution in [1.29, 1.82) is 0 Å². The van der Waals surface area contributed by atoms with E-state index in [1.807, 2.05) is 17.9 Å². The van der Waals surface area contributed by atoms with Crippen LogP contribution >= 0.6 is 0 Å². The van der Waals surface area contributed by atoms with Gasteiger partial charge in [0.15, 0.2) is 0 Å². The van der Waals surface area contributed by atoms with Crippen molar-refractivity contribution in [2.45, 2.75) is 20.0 Å². The highest BCUT2D eigenvalue weighted by Crippen LogP contribution is 2.22. The fourth-order valence-electron chi connectivity index (χ4n) is 2.49. The molecular weight excluding hydrogens is 248 g/mol. The zero-order valence-electron chi connectivity index (χ0n) is 11.8. The molecular formula is C16H18N4. The van der Waals surface area contributed by atoms with Gasteiger partial charge < -0.3 is 5.32 Å². The highest BCUT2D eigenvalue weighted by Gasteiger charge is 2.07. The molecule has 0 aliphatic rings. The van der Waals surface area contributed by atoms with E-state index in [0.29, 0.717) is 0 Å². The molecule has 0 aliphatic carbocycles. The van der Waals surface area contributed by atoms with Crippen molar-refractivity contribution in [3.05, 3.63) is 59.4 Å². The summed E-state index contributed by atoms with van der Waals surface area (Å²) in [4.78, 5) is 0. The van der Waals surface area contributed by atoms with Gasteiger partial charge in [-0.1, -0.05) is 41.6 Å². The zero-order valence-corrected chi connectivity index (χ0v) is 11.8. The van der Waals surface area contributed by atoms with Crippen LogP contribution in [0.4, 0.5) is 0 Å². The minimum atomic E-state index is 0.745. The van der Waals surface area contributed by atoms with Crippen molar-refractivity contribution >= 4 is 10.8 Å². The van der Waals surface area contributed by atoms with Crippen LogP contribution in [0.1, 0.15) is 16.8 Å². The van der Waals surface area contributed by atoms with Crippen LogP contribution in [0.3, 0.4) is 0 Å². The Morgan fingerprint density at radius 2 is 2.00 bits per heavy atom. The molecule has 102 valence electrons. The number of nitrogens with one attached hydrogen (secondary N) is 1. The first-order chi connectivity index (χ1) is 9.78. The van der Waals surface area contributed by atoms with Crippen LogP contribution in [0.15, 0.2) is 42.6 Å². The maximum absolute atomic E-state index is 4.20. The lowest BCUT2D eigenvalue weighted by atomic mass is 10.00. The number of aromatic nitrogens is 3. The van der Waals surface area contributed by atoms with Crippen LogP contribution in [0.5, 0.6) is 0 Å². The second-order valence-electron chi connectivity index (χ2n) is 5.02. The monoisotopic (exact) mass is 266 g/mol. The molecule has 20 heavy (non-hydrogen) atoms. The number of nitrogens with zero attached hydrogens (tertiary/aromatic N) is 3. The van der Waals surface area contributed by atoms with Gasteiger partial charge in [0.05, 0.1) is 18.4 Å². The van der Waals surface area contributed by atoms with Crippen LogP contribution < -0.4 is 5.32 Å². The molecule has 0 unspecified atom stereocenters. The number of rotatable bonds is 4. The normalized spacial score (nSPS) is 11.1. The smallest absolute Gasteiger partial charge is 0.0964 e. The van der Waals surface area contributed by atoms with E-state index in [4.69, 9.17) is 0 Å². The molecule has 0 amide bonds. The first-order valence-electron chi connectivity index (χ1n) is 6.79. The Morgan fingerprint density at radius 3 is 2.85 bits per heavy atom. The Balaban J connectivity index is 1.98. The van der Waals surface area contributed by atoms with Crippen LogP contribution in [-0.2, 0) is 13.1 Å². The van der Waals surface area contributed by atoms with Gasteiger partial charge in [-0.15, -0.1) is 5.10 Å². The van der Waals surface area contributed by atoms with Gasteiger partial charge >= 0.3 is 0 Å². The molecule has 0 spiro atoms. The maximum Gasteiger partial charge on any atom is 0.0964 e. The summed E-state index contributed by atoms with van der Waals surface area (Å²) in [5.74, 6) is 0. The Labute approximate surface area is 118 Å². The number of aryl methyl sites for hydroxylation is 1. The second kappa shape index (κ2) is 5.43. The summed E-state index contributed by atoms with van der Waals surface area (Å²) < 4.78 is 1.90. The molecule has 0 bridgehead atoms. The molecule has 0 radical (unpaired) electrons. The van der Waals surface area contributed by atoms with Gasteiger partial charge in [0.1, 0.15) is 0 Å². The van der Waals surface area contributed by atoms with E-state index >= 15 is 0 Å². The van der Waals surface area contributed by atoms with Gasteiger partial charge in [0, 0.05) is 6.54 Å². The van der Waals surface area contributed by atoms with Gasteiger partial charge in [0.2, 0.25) is 0 Å². The van der Waals surface area contributed by atoms with Crippen LogP contribution in [-0.4, -0.2) is 22.0 Å². The number of hydrogen-bond donors (Lipinski definition) is 1. The highest BCUT2D eigenvalue weighted by molar-refractivity contribution is 5.86. The molecule has 1 N–H and O–H groups in total. The van der Waals surface area contributed by atoms with E-state index in [0.717, 1.165) is 18.8 Å². The van der Waals surface area contributed by atoms with E-state index < -0.39 is 0 Å². The van der Waals surface area contributed by atoms with Crippen molar-refractivity contribution < 1.29 is 0 Å². The fourth-order valence-corrected chi connectivity index (χ4v) is 2.49. The van der Waals surface area contributed by atoms with E-state index in [9.17, 15) is 0 Å². The van der Waals surface area contributed by atoms with Gasteiger partial charge in [-0.25, -0.2) is 4.68 Å². The lowest BCUT2D eigenvalue weighted by Crippen LogP contribution is -2.05. The summed E-state index contributed by atoms with van der Waals surface area (Å²) in [6, 6.07) is 12.8. The van der Waals surface area contributed by atoms with Gasteiger partial charge in [-0.2, -0.15) is 0 Å². The summed E-state index contributed by atoms with van der Waals surface area (Å²) in [5, 5.41) is 14.0. The summed E-state index contributed by atoms with van der Waals surface area (Å²) >= 11 is 0. The predicted octanol–water partition coefficient (Wildman–Crippen LogP) is 2.51. The number of fused-ring (bicyclic) bond motifs is 1. The highest BCUT2D eigenvalue weighted by atomic mass is 15.4. The van der Waals surface area contributed by atoms with Gasteiger partial charge in [0.25, 0.3) is 0 Å². The molecule has 2 aromatic carbocycles. The van der Waals surface area contributed by atoms with E-state index in [-0.39, 0.29) is 0 Å². The Kier molecular flexibility index (Phi) is 3.48. The van der Waals surface area contributed by atoms with Crippen molar-refractivity contribution in [2.75, 3.05) is 7.05 Å². The fraction of sp³-hybridized carbons (Fsp3) is 0.250. The maximum atomic E-state index is 4.20. The topological polar surface area (TPSA) is 42.7 Å². The summed E-state index contributed by atoms with van der Waals surface area (Å²) in [6.07, 6.45) is 2.00. The van der Waals surface area contributed by atoms with Crippen molar-refractivity contribution in [3.8, 4) is 0 Å². The molecule has 0 atom stereocenters. The third kappa shape index (κ3) is 2.42. The Hall–Kier alpha value is -2.20. The Morgan fingerprint density at radius 1 is 1.15 bits per heavy atom. The van der Waals surface area contributed by atoms with Gasteiger partial charge in [-0.05, 0) is 35.9 Å². The van der Waals surface area contributed by atoms with E-state index in [1.165, 1.54) is 21.9 Å². The molecule has 0 saturated carbocycles. The average Bonchev–Trinajstić information content (AvgIpc) is 2.90. The number of benzene rings is 2. The van der Waals surface area contributed by atoms with Crippen LogP contribution in [0.2, 0.25) is 0 Å². The molecule has 3 rings (SSSR count). The molecule has 0 fully saturated rings. The van der Waals surface area contributed by atoms with E-state index in [2.05, 4.69) is 59.0 Å². The Bertz CT molecular complexity index is 730. The predicted molar refractivity (Wildman–Crippen MR) is 80.6 cm³/mol. The lowest BCUT2D eigenvalue weighted by Gasteiger charge is -2.10. The molecule has 0 saturated heterocycles. The second-order valence-corrected chi connectivity index (χ2v) is 5.02.